The van der Waals surface area contributed by atoms with E-state index in [9.17, 15) is 18.0 Å². The van der Waals surface area contributed by atoms with Crippen molar-refractivity contribution >= 4 is 29.0 Å². The Balaban J connectivity index is 1.32. The van der Waals surface area contributed by atoms with Gasteiger partial charge in [0.2, 0.25) is 5.91 Å². The van der Waals surface area contributed by atoms with Gasteiger partial charge in [-0.15, -0.1) is 0 Å². The monoisotopic (exact) mass is 465 g/mol. The lowest BCUT2D eigenvalue weighted by molar-refractivity contribution is -0.137. The largest absolute Gasteiger partial charge is 0.417 e. The Morgan fingerprint density at radius 3 is 2.56 bits per heavy atom. The van der Waals surface area contributed by atoms with Crippen molar-refractivity contribution in [2.75, 3.05) is 42.9 Å². The molecule has 1 aliphatic rings. The van der Waals surface area contributed by atoms with Crippen LogP contribution in [-0.4, -0.2) is 63.3 Å². The molecule has 0 atom stereocenters. The first-order chi connectivity index (χ1) is 15.3. The maximum atomic E-state index is 13.0. The summed E-state index contributed by atoms with van der Waals surface area (Å²) in [6, 6.07) is 5.10. The van der Waals surface area contributed by atoms with Crippen molar-refractivity contribution in [3.05, 3.63) is 59.6 Å². The third-order valence-corrected chi connectivity index (χ3v) is 5.30. The van der Waals surface area contributed by atoms with Crippen molar-refractivity contribution in [1.82, 2.24) is 24.6 Å². The lowest BCUT2D eigenvalue weighted by Crippen LogP contribution is -2.49. The van der Waals surface area contributed by atoms with Gasteiger partial charge in [-0.05, 0) is 24.3 Å². The number of aromatic nitrogens is 4. The Kier molecular flexibility index (Phi) is 6.28. The van der Waals surface area contributed by atoms with E-state index >= 15 is 0 Å². The normalized spacial score (nSPS) is 15.1. The molecule has 32 heavy (non-hydrogen) atoms. The summed E-state index contributed by atoms with van der Waals surface area (Å²) in [6.45, 7) is 2.51. The number of alkyl halides is 3. The molecule has 4 rings (SSSR count). The van der Waals surface area contributed by atoms with Crippen molar-refractivity contribution in [2.45, 2.75) is 6.18 Å². The van der Waals surface area contributed by atoms with Crippen LogP contribution in [0.1, 0.15) is 5.56 Å². The number of amides is 1. The number of benzene rings is 1. The number of anilines is 2. The molecule has 168 valence electrons. The summed E-state index contributed by atoms with van der Waals surface area (Å²) in [5.41, 5.74) is -0.930. The molecule has 1 aliphatic heterocycles. The lowest BCUT2D eigenvalue weighted by Gasteiger charge is -2.34. The van der Waals surface area contributed by atoms with E-state index in [4.69, 9.17) is 11.6 Å². The molecule has 0 saturated carbocycles. The smallest absolute Gasteiger partial charge is 0.353 e. The standard InChI is InChI=1S/C20H19ClF3N7O/c21-16-3-2-14(10-15(16)20(22,23)24)27-19(32)13-29-6-8-30(9-7-29)17-11-25-12-18(28-17)31-5-1-4-26-31/h1-5,10-12H,6-9,13H2,(H,27,32). The van der Waals surface area contributed by atoms with Crippen LogP contribution in [0.15, 0.2) is 49.1 Å². The Morgan fingerprint density at radius 1 is 1.12 bits per heavy atom. The average Bonchev–Trinajstić information content (AvgIpc) is 3.30. The first-order valence-electron chi connectivity index (χ1n) is 9.75. The summed E-state index contributed by atoms with van der Waals surface area (Å²) >= 11 is 5.62. The first kappa shape index (κ1) is 22.0. The minimum atomic E-state index is -4.59. The summed E-state index contributed by atoms with van der Waals surface area (Å²) in [6.07, 6.45) is 2.15. The van der Waals surface area contributed by atoms with Crippen LogP contribution < -0.4 is 10.2 Å². The molecule has 1 fully saturated rings. The number of carbonyl (C=O) groups is 1. The van der Waals surface area contributed by atoms with Gasteiger partial charge in [0.05, 0.1) is 29.5 Å². The summed E-state index contributed by atoms with van der Waals surface area (Å²) < 4.78 is 40.6. The number of nitrogens with zero attached hydrogens (tertiary/aromatic N) is 6. The van der Waals surface area contributed by atoms with Gasteiger partial charge in [0.1, 0.15) is 5.82 Å². The molecular weight excluding hydrogens is 447 g/mol. The summed E-state index contributed by atoms with van der Waals surface area (Å²) in [7, 11) is 0. The van der Waals surface area contributed by atoms with E-state index < -0.39 is 22.7 Å². The fourth-order valence-corrected chi connectivity index (χ4v) is 3.60. The molecule has 1 N–H and O–H groups in total. The van der Waals surface area contributed by atoms with Crippen molar-refractivity contribution in [3.63, 3.8) is 0 Å². The van der Waals surface area contributed by atoms with Crippen molar-refractivity contribution in [2.24, 2.45) is 0 Å². The van der Waals surface area contributed by atoms with Crippen molar-refractivity contribution in [3.8, 4) is 5.82 Å². The van der Waals surface area contributed by atoms with Gasteiger partial charge in [0, 0.05) is 44.3 Å². The Hall–Kier alpha value is -3.18. The third-order valence-electron chi connectivity index (χ3n) is 4.97. The highest BCUT2D eigenvalue weighted by molar-refractivity contribution is 6.31. The quantitative estimate of drug-likeness (QED) is 0.624. The minimum absolute atomic E-state index is 0.0519. The van der Waals surface area contributed by atoms with Crippen molar-refractivity contribution in [1.29, 1.82) is 0 Å². The van der Waals surface area contributed by atoms with Crippen LogP contribution in [0.5, 0.6) is 0 Å². The van der Waals surface area contributed by atoms with Gasteiger partial charge in [-0.2, -0.15) is 18.3 Å². The van der Waals surface area contributed by atoms with Crippen LogP contribution >= 0.6 is 11.6 Å². The van der Waals surface area contributed by atoms with Crippen molar-refractivity contribution < 1.29 is 18.0 Å². The second-order valence-corrected chi connectivity index (χ2v) is 7.60. The molecule has 0 unspecified atom stereocenters. The van der Waals surface area contributed by atoms with Gasteiger partial charge >= 0.3 is 6.18 Å². The Bertz CT molecular complexity index is 1080. The van der Waals surface area contributed by atoms with Gasteiger partial charge in [-0.1, -0.05) is 11.6 Å². The number of hydrogen-bond acceptors (Lipinski definition) is 6. The summed E-state index contributed by atoms with van der Waals surface area (Å²) in [5, 5.41) is 6.25. The maximum absolute atomic E-state index is 13.0. The van der Waals surface area contributed by atoms with Gasteiger partial charge < -0.3 is 10.2 Å². The molecule has 0 bridgehead atoms. The Labute approximate surface area is 186 Å². The molecule has 3 heterocycles. The molecule has 1 amide bonds. The fraction of sp³-hybridized carbons (Fsp3) is 0.300. The van der Waals surface area contributed by atoms with Crippen LogP contribution in [-0.2, 0) is 11.0 Å². The van der Waals surface area contributed by atoms with E-state index in [1.54, 1.807) is 35.5 Å². The zero-order valence-corrected chi connectivity index (χ0v) is 17.5. The van der Waals surface area contributed by atoms with Crippen LogP contribution in [0, 0.1) is 0 Å². The van der Waals surface area contributed by atoms with E-state index in [1.165, 1.54) is 6.07 Å². The number of halogens is 4. The van der Waals surface area contributed by atoms with Gasteiger partial charge in [-0.25, -0.2) is 9.67 Å². The molecule has 2 aromatic heterocycles. The number of hydrogen-bond donors (Lipinski definition) is 1. The predicted molar refractivity (Wildman–Crippen MR) is 113 cm³/mol. The van der Waals surface area contributed by atoms with Gasteiger partial charge in [-0.3, -0.25) is 14.7 Å². The van der Waals surface area contributed by atoms with E-state index in [0.29, 0.717) is 37.8 Å². The van der Waals surface area contributed by atoms with E-state index in [0.717, 1.165) is 12.1 Å². The SMILES string of the molecule is O=C(CN1CCN(c2cncc(-n3cccn3)n2)CC1)Nc1ccc(Cl)c(C(F)(F)F)c1. The average molecular weight is 466 g/mol. The molecule has 0 radical (unpaired) electrons. The summed E-state index contributed by atoms with van der Waals surface area (Å²) in [4.78, 5) is 25.1. The van der Waals surface area contributed by atoms with Crippen LogP contribution in [0.2, 0.25) is 5.02 Å². The molecule has 8 nitrogen and oxygen atoms in total. The number of piperazine rings is 1. The van der Waals surface area contributed by atoms with Crippen LogP contribution in [0.3, 0.4) is 0 Å². The van der Waals surface area contributed by atoms with E-state index in [2.05, 4.69) is 25.3 Å². The molecule has 12 heteroatoms. The maximum Gasteiger partial charge on any atom is 0.417 e. The molecule has 1 aromatic carbocycles. The first-order valence-corrected chi connectivity index (χ1v) is 10.1. The molecule has 0 aliphatic carbocycles. The molecule has 3 aromatic rings. The highest BCUT2D eigenvalue weighted by atomic mass is 35.5. The number of rotatable bonds is 5. The van der Waals surface area contributed by atoms with E-state index in [-0.39, 0.29) is 12.2 Å². The molecular formula is C20H19ClF3N7O. The fourth-order valence-electron chi connectivity index (χ4n) is 3.37. The second-order valence-electron chi connectivity index (χ2n) is 7.19. The predicted octanol–water partition coefficient (Wildman–Crippen LogP) is 3.10. The highest BCUT2D eigenvalue weighted by Crippen LogP contribution is 2.36. The third kappa shape index (κ3) is 5.17. The number of carbonyl (C=O) groups excluding carboxylic acids is 1. The zero-order chi connectivity index (χ0) is 22.7. The molecule has 0 spiro atoms. The summed E-state index contributed by atoms with van der Waals surface area (Å²) in [5.74, 6) is 0.924. The number of nitrogens with one attached hydrogen (secondary N) is 1. The van der Waals surface area contributed by atoms with Gasteiger partial charge in [0.25, 0.3) is 0 Å². The second kappa shape index (κ2) is 9.13. The molecule has 1 saturated heterocycles. The topological polar surface area (TPSA) is 79.2 Å². The van der Waals surface area contributed by atoms with E-state index in [1.807, 2.05) is 4.90 Å². The lowest BCUT2D eigenvalue weighted by atomic mass is 10.2. The zero-order valence-electron chi connectivity index (χ0n) is 16.8. The van der Waals surface area contributed by atoms with Gasteiger partial charge in [0.15, 0.2) is 5.82 Å². The van der Waals surface area contributed by atoms with Crippen LogP contribution in [0.4, 0.5) is 24.7 Å². The van der Waals surface area contributed by atoms with Crippen LogP contribution in [0.25, 0.3) is 5.82 Å². The highest BCUT2D eigenvalue weighted by Gasteiger charge is 2.33. The minimum Gasteiger partial charge on any atom is -0.353 e. The Morgan fingerprint density at radius 2 is 1.88 bits per heavy atom.